The number of aromatic hydroxyl groups is 1. The first kappa shape index (κ1) is 27.0. The second kappa shape index (κ2) is 12.9. The van der Waals surface area contributed by atoms with E-state index in [0.717, 1.165) is 41.8 Å². The van der Waals surface area contributed by atoms with Crippen LogP contribution in [0.1, 0.15) is 67.7 Å². The summed E-state index contributed by atoms with van der Waals surface area (Å²) in [6, 6.07) is 27.6. The lowest BCUT2D eigenvalue weighted by molar-refractivity contribution is 0.172. The molecule has 35 heavy (non-hydrogen) atoms. The highest BCUT2D eigenvalue weighted by atomic mass is 35.5. The van der Waals surface area contributed by atoms with Crippen molar-refractivity contribution in [1.82, 2.24) is 4.90 Å². The lowest BCUT2D eigenvalue weighted by Crippen LogP contribution is -2.37. The van der Waals surface area contributed by atoms with Crippen molar-refractivity contribution in [3.05, 3.63) is 101 Å². The highest BCUT2D eigenvalue weighted by Gasteiger charge is 2.22. The normalized spacial score (nSPS) is 15.5. The summed E-state index contributed by atoms with van der Waals surface area (Å²) in [4.78, 5) is 2.57. The number of allylic oxidation sites excluding steroid dienone is 1. The standard InChI is InChI=1S/C31H37NO2.ClH/c1-23(2)32-19-17-25(18-20-32)24-13-15-27(16-14-24)31(28-10-6-11-29(34)22-28)30(12-7-21-33)26-8-4-3-5-9-26;/h3-6,8-11,13-16,22-23,25,33-34H,7,12,17-21H2,1-2H3;1H/b31-30+;. The van der Waals surface area contributed by atoms with Crippen LogP contribution in [0, 0.1) is 0 Å². The highest BCUT2D eigenvalue weighted by Crippen LogP contribution is 2.37. The largest absolute Gasteiger partial charge is 0.508 e. The van der Waals surface area contributed by atoms with E-state index in [9.17, 15) is 10.2 Å². The molecule has 3 nitrogen and oxygen atoms in total. The van der Waals surface area contributed by atoms with Gasteiger partial charge in [-0.3, -0.25) is 0 Å². The molecule has 1 heterocycles. The lowest BCUT2D eigenvalue weighted by atomic mass is 9.85. The summed E-state index contributed by atoms with van der Waals surface area (Å²) in [5.41, 5.74) is 7.02. The molecule has 0 unspecified atom stereocenters. The topological polar surface area (TPSA) is 43.7 Å². The van der Waals surface area contributed by atoms with Gasteiger partial charge in [0.05, 0.1) is 0 Å². The summed E-state index contributed by atoms with van der Waals surface area (Å²) in [6.45, 7) is 7.05. The minimum absolute atomic E-state index is 0. The summed E-state index contributed by atoms with van der Waals surface area (Å²) >= 11 is 0. The second-order valence-electron chi connectivity index (χ2n) is 9.62. The Morgan fingerprint density at radius 3 is 2.11 bits per heavy atom. The lowest BCUT2D eigenvalue weighted by Gasteiger charge is -2.34. The van der Waals surface area contributed by atoms with Crippen LogP contribution in [-0.4, -0.2) is 40.9 Å². The van der Waals surface area contributed by atoms with E-state index in [1.165, 1.54) is 24.0 Å². The van der Waals surface area contributed by atoms with Gasteiger partial charge in [0.1, 0.15) is 5.75 Å². The number of hydrogen-bond acceptors (Lipinski definition) is 3. The molecule has 0 saturated carbocycles. The van der Waals surface area contributed by atoms with Crippen LogP contribution in [0.5, 0.6) is 5.75 Å². The molecule has 4 rings (SSSR count). The molecule has 0 atom stereocenters. The zero-order chi connectivity index (χ0) is 23.9. The second-order valence-corrected chi connectivity index (χ2v) is 9.62. The average Bonchev–Trinajstić information content (AvgIpc) is 2.87. The van der Waals surface area contributed by atoms with Crippen LogP contribution in [0.4, 0.5) is 0 Å². The van der Waals surface area contributed by atoms with Gasteiger partial charge in [-0.15, -0.1) is 12.4 Å². The zero-order valence-corrected chi connectivity index (χ0v) is 21.7. The fourth-order valence-corrected chi connectivity index (χ4v) is 5.16. The minimum Gasteiger partial charge on any atom is -0.508 e. The molecule has 0 aromatic heterocycles. The van der Waals surface area contributed by atoms with E-state index in [4.69, 9.17) is 0 Å². The van der Waals surface area contributed by atoms with Crippen LogP contribution in [0.2, 0.25) is 0 Å². The van der Waals surface area contributed by atoms with Crippen LogP contribution in [0.15, 0.2) is 78.9 Å². The molecular formula is C31H38ClNO2. The number of piperidine rings is 1. The first-order valence-corrected chi connectivity index (χ1v) is 12.6. The summed E-state index contributed by atoms with van der Waals surface area (Å²) < 4.78 is 0. The summed E-state index contributed by atoms with van der Waals surface area (Å²) in [5.74, 6) is 0.873. The van der Waals surface area contributed by atoms with Crippen molar-refractivity contribution in [2.45, 2.75) is 51.5 Å². The number of likely N-dealkylation sites (tertiary alicyclic amines) is 1. The SMILES string of the molecule is CC(C)N1CCC(c2ccc(/C(=C(/CCCO)c3ccccc3)c3cccc(O)c3)cc2)CC1.Cl. The third kappa shape index (κ3) is 6.76. The van der Waals surface area contributed by atoms with E-state index in [1.807, 2.05) is 18.2 Å². The van der Waals surface area contributed by atoms with E-state index in [1.54, 1.807) is 6.07 Å². The maximum absolute atomic E-state index is 10.2. The molecule has 3 aromatic carbocycles. The molecule has 186 valence electrons. The molecule has 1 fully saturated rings. The van der Waals surface area contributed by atoms with Gasteiger partial charge in [-0.05, 0) is 104 Å². The Hall–Kier alpha value is -2.59. The minimum atomic E-state index is 0. The van der Waals surface area contributed by atoms with Crippen LogP contribution in [0.25, 0.3) is 11.1 Å². The van der Waals surface area contributed by atoms with Crippen molar-refractivity contribution in [3.63, 3.8) is 0 Å². The van der Waals surface area contributed by atoms with Crippen molar-refractivity contribution in [3.8, 4) is 5.75 Å². The molecule has 0 aliphatic carbocycles. The Morgan fingerprint density at radius 2 is 1.51 bits per heavy atom. The molecule has 3 aromatic rings. The maximum atomic E-state index is 10.2. The number of phenols is 1. The Balaban J connectivity index is 0.00000342. The van der Waals surface area contributed by atoms with Gasteiger partial charge in [0, 0.05) is 12.6 Å². The highest BCUT2D eigenvalue weighted by molar-refractivity contribution is 5.98. The van der Waals surface area contributed by atoms with Gasteiger partial charge >= 0.3 is 0 Å². The molecule has 0 amide bonds. The van der Waals surface area contributed by atoms with Gasteiger partial charge in [-0.25, -0.2) is 0 Å². The van der Waals surface area contributed by atoms with Crippen LogP contribution in [-0.2, 0) is 0 Å². The Bertz CT molecular complexity index is 1080. The number of aliphatic hydroxyl groups excluding tert-OH is 1. The zero-order valence-electron chi connectivity index (χ0n) is 20.9. The molecule has 4 heteroatoms. The molecule has 0 bridgehead atoms. The average molecular weight is 492 g/mol. The molecule has 2 N–H and O–H groups in total. The predicted molar refractivity (Wildman–Crippen MR) is 149 cm³/mol. The first-order valence-electron chi connectivity index (χ1n) is 12.6. The number of phenolic OH excluding ortho intramolecular Hbond substituents is 1. The van der Waals surface area contributed by atoms with Crippen molar-refractivity contribution in [1.29, 1.82) is 0 Å². The third-order valence-corrected chi connectivity index (χ3v) is 7.07. The van der Waals surface area contributed by atoms with E-state index in [0.29, 0.717) is 18.4 Å². The molecular weight excluding hydrogens is 454 g/mol. The van der Waals surface area contributed by atoms with Crippen molar-refractivity contribution in [2.24, 2.45) is 0 Å². The fraction of sp³-hybridized carbons (Fsp3) is 0.355. The summed E-state index contributed by atoms with van der Waals surface area (Å²) in [7, 11) is 0. The number of rotatable bonds is 8. The number of halogens is 1. The third-order valence-electron chi connectivity index (χ3n) is 7.07. The van der Waals surface area contributed by atoms with Gasteiger partial charge in [0.15, 0.2) is 0 Å². The molecule has 0 radical (unpaired) electrons. The van der Waals surface area contributed by atoms with Gasteiger partial charge in [-0.1, -0.05) is 66.7 Å². The van der Waals surface area contributed by atoms with Crippen LogP contribution < -0.4 is 0 Å². The smallest absolute Gasteiger partial charge is 0.116 e. The maximum Gasteiger partial charge on any atom is 0.116 e. The number of nitrogens with zero attached hydrogens (tertiary/aromatic N) is 1. The number of aliphatic hydroxyl groups is 1. The monoisotopic (exact) mass is 491 g/mol. The Kier molecular flexibility index (Phi) is 9.97. The van der Waals surface area contributed by atoms with E-state index >= 15 is 0 Å². The van der Waals surface area contributed by atoms with E-state index in [-0.39, 0.29) is 24.8 Å². The van der Waals surface area contributed by atoms with Gasteiger partial charge in [-0.2, -0.15) is 0 Å². The van der Waals surface area contributed by atoms with Gasteiger partial charge in [0.25, 0.3) is 0 Å². The van der Waals surface area contributed by atoms with Gasteiger partial charge in [0.2, 0.25) is 0 Å². The number of benzene rings is 3. The molecule has 1 saturated heterocycles. The van der Waals surface area contributed by atoms with E-state index < -0.39 is 0 Å². The molecule has 0 spiro atoms. The van der Waals surface area contributed by atoms with Crippen molar-refractivity contribution >= 4 is 23.6 Å². The summed E-state index contributed by atoms with van der Waals surface area (Å²) in [6.07, 6.45) is 3.87. The molecule has 1 aliphatic rings. The quantitative estimate of drug-likeness (QED) is 0.329. The van der Waals surface area contributed by atoms with Crippen LogP contribution in [0.3, 0.4) is 0 Å². The fourth-order valence-electron chi connectivity index (χ4n) is 5.16. The van der Waals surface area contributed by atoms with Gasteiger partial charge < -0.3 is 15.1 Å². The van der Waals surface area contributed by atoms with Crippen molar-refractivity contribution < 1.29 is 10.2 Å². The van der Waals surface area contributed by atoms with Crippen molar-refractivity contribution in [2.75, 3.05) is 19.7 Å². The Morgan fingerprint density at radius 1 is 0.857 bits per heavy atom. The predicted octanol–water partition coefficient (Wildman–Crippen LogP) is 7.13. The number of hydrogen-bond donors (Lipinski definition) is 2. The van der Waals surface area contributed by atoms with E-state index in [2.05, 4.69) is 73.3 Å². The first-order chi connectivity index (χ1) is 16.6. The molecule has 1 aliphatic heterocycles. The van der Waals surface area contributed by atoms with Crippen LogP contribution >= 0.6 is 12.4 Å². The Labute approximate surface area is 216 Å². The summed E-state index contributed by atoms with van der Waals surface area (Å²) in [5, 5.41) is 19.8.